The van der Waals surface area contributed by atoms with Crippen LogP contribution in [0.3, 0.4) is 0 Å². The van der Waals surface area contributed by atoms with Crippen molar-refractivity contribution in [3.8, 4) is 11.5 Å². The lowest BCUT2D eigenvalue weighted by molar-refractivity contribution is -0.0503. The lowest BCUT2D eigenvalue weighted by atomic mass is 10.1. The first-order valence-electron chi connectivity index (χ1n) is 8.47. The second-order valence-electron chi connectivity index (χ2n) is 6.12. The molecule has 2 aromatic carbocycles. The summed E-state index contributed by atoms with van der Waals surface area (Å²) in [5, 5.41) is 10.2. The molecule has 0 unspecified atom stereocenters. The fourth-order valence-corrected chi connectivity index (χ4v) is 3.15. The van der Waals surface area contributed by atoms with Crippen molar-refractivity contribution in [2.75, 3.05) is 26.2 Å². The van der Waals surface area contributed by atoms with Crippen molar-refractivity contribution in [2.24, 2.45) is 0 Å². The number of rotatable bonds is 4. The van der Waals surface area contributed by atoms with Gasteiger partial charge in [-0.1, -0.05) is 23.7 Å². The number of ether oxygens (including phenoxy) is 1. The molecule has 3 rings (SSSR count). The van der Waals surface area contributed by atoms with Gasteiger partial charge in [0.25, 0.3) is 11.8 Å². The lowest BCUT2D eigenvalue weighted by Crippen LogP contribution is -2.50. The summed E-state index contributed by atoms with van der Waals surface area (Å²) in [4.78, 5) is 28.2. The predicted molar refractivity (Wildman–Crippen MR) is 98.0 cm³/mol. The highest BCUT2D eigenvalue weighted by atomic mass is 35.5. The van der Waals surface area contributed by atoms with Crippen LogP contribution in [0.15, 0.2) is 42.5 Å². The zero-order chi connectivity index (χ0) is 20.3. The molecular formula is C19H17ClF2N2O4. The van der Waals surface area contributed by atoms with Crippen LogP contribution in [0.2, 0.25) is 5.02 Å². The number of carbonyl (C=O) groups excluding carboxylic acids is 2. The Morgan fingerprint density at radius 1 is 0.964 bits per heavy atom. The third-order valence-corrected chi connectivity index (χ3v) is 4.61. The summed E-state index contributed by atoms with van der Waals surface area (Å²) in [7, 11) is 0. The van der Waals surface area contributed by atoms with E-state index in [4.69, 9.17) is 11.6 Å². The maximum atomic E-state index is 12.7. The van der Waals surface area contributed by atoms with Crippen LogP contribution >= 0.6 is 11.6 Å². The summed E-state index contributed by atoms with van der Waals surface area (Å²) < 4.78 is 29.5. The molecule has 0 spiro atoms. The number of nitrogens with zero attached hydrogens (tertiary/aromatic N) is 2. The number of halogens is 3. The summed E-state index contributed by atoms with van der Waals surface area (Å²) in [5.74, 6) is -1.21. The zero-order valence-corrected chi connectivity index (χ0v) is 15.4. The Kier molecular flexibility index (Phi) is 5.99. The summed E-state index contributed by atoms with van der Waals surface area (Å²) in [6, 6.07) is 9.99. The number of hydrogen-bond acceptors (Lipinski definition) is 4. The van der Waals surface area contributed by atoms with Crippen LogP contribution in [0.1, 0.15) is 20.7 Å². The minimum atomic E-state index is -3.03. The monoisotopic (exact) mass is 410 g/mol. The quantitative estimate of drug-likeness (QED) is 0.840. The van der Waals surface area contributed by atoms with Gasteiger partial charge >= 0.3 is 6.61 Å². The van der Waals surface area contributed by atoms with Crippen molar-refractivity contribution in [3.05, 3.63) is 58.6 Å². The zero-order valence-electron chi connectivity index (χ0n) is 14.6. The molecule has 1 saturated heterocycles. The van der Waals surface area contributed by atoms with E-state index in [-0.39, 0.29) is 48.8 Å². The molecule has 0 radical (unpaired) electrons. The Morgan fingerprint density at radius 2 is 1.54 bits per heavy atom. The number of hydrogen-bond donors (Lipinski definition) is 1. The van der Waals surface area contributed by atoms with Gasteiger partial charge in [-0.05, 0) is 30.3 Å². The number of benzene rings is 2. The molecule has 2 amide bonds. The second-order valence-corrected chi connectivity index (χ2v) is 6.56. The number of phenols is 1. The molecule has 9 heteroatoms. The summed E-state index contributed by atoms with van der Waals surface area (Å²) in [6.07, 6.45) is 0. The smallest absolute Gasteiger partial charge is 0.387 e. The second kappa shape index (κ2) is 8.43. The molecule has 1 fully saturated rings. The first-order chi connectivity index (χ1) is 13.4. The van der Waals surface area contributed by atoms with E-state index < -0.39 is 18.4 Å². The molecule has 0 aromatic heterocycles. The van der Waals surface area contributed by atoms with Crippen molar-refractivity contribution >= 4 is 23.4 Å². The Bertz CT molecular complexity index is 886. The fourth-order valence-electron chi connectivity index (χ4n) is 2.97. The standard InChI is InChI=1S/C19H17ClF2N2O4/c20-12-5-6-15(25)14(11-12)18(27)24-9-7-23(8-10-24)17(26)13-3-1-2-4-16(13)28-19(21)22/h1-6,11,19,25H,7-10H2. The molecule has 0 saturated carbocycles. The van der Waals surface area contributed by atoms with E-state index in [1.807, 2.05) is 0 Å². The number of phenolic OH excluding ortho intramolecular Hbond substituents is 1. The molecular weight excluding hydrogens is 394 g/mol. The molecule has 1 N–H and O–H groups in total. The predicted octanol–water partition coefficient (Wildman–Crippen LogP) is 3.25. The maximum Gasteiger partial charge on any atom is 0.387 e. The largest absolute Gasteiger partial charge is 0.507 e. The third kappa shape index (κ3) is 4.33. The van der Waals surface area contributed by atoms with Gasteiger partial charge in [-0.25, -0.2) is 0 Å². The molecule has 28 heavy (non-hydrogen) atoms. The SMILES string of the molecule is O=C(c1cc(Cl)ccc1O)N1CCN(C(=O)c2ccccc2OC(F)F)CC1. The average molecular weight is 411 g/mol. The van der Waals surface area contributed by atoms with Crippen molar-refractivity contribution in [3.63, 3.8) is 0 Å². The Labute approximate surface area is 164 Å². The van der Waals surface area contributed by atoms with Crippen molar-refractivity contribution in [1.82, 2.24) is 9.80 Å². The molecule has 0 bridgehead atoms. The van der Waals surface area contributed by atoms with E-state index in [2.05, 4.69) is 4.74 Å². The number of carbonyl (C=O) groups is 2. The van der Waals surface area contributed by atoms with Gasteiger partial charge in [-0.15, -0.1) is 0 Å². The highest BCUT2D eigenvalue weighted by molar-refractivity contribution is 6.31. The number of piperazine rings is 1. The van der Waals surface area contributed by atoms with Crippen LogP contribution in [0.25, 0.3) is 0 Å². The van der Waals surface area contributed by atoms with Crippen LogP contribution in [0.4, 0.5) is 8.78 Å². The topological polar surface area (TPSA) is 70.1 Å². The summed E-state index contributed by atoms with van der Waals surface area (Å²) in [5.41, 5.74) is 0.123. The first-order valence-corrected chi connectivity index (χ1v) is 8.85. The van der Waals surface area contributed by atoms with Crippen LogP contribution in [0, 0.1) is 0 Å². The molecule has 0 aliphatic carbocycles. The molecule has 1 aliphatic heterocycles. The van der Waals surface area contributed by atoms with Gasteiger partial charge < -0.3 is 19.6 Å². The Morgan fingerprint density at radius 3 is 2.14 bits per heavy atom. The van der Waals surface area contributed by atoms with Gasteiger partial charge in [0, 0.05) is 31.2 Å². The highest BCUT2D eigenvalue weighted by Gasteiger charge is 2.28. The molecule has 2 aromatic rings. The third-order valence-electron chi connectivity index (χ3n) is 4.38. The van der Waals surface area contributed by atoms with Gasteiger partial charge in [-0.2, -0.15) is 8.78 Å². The molecule has 1 heterocycles. The number of aromatic hydroxyl groups is 1. The Hall–Kier alpha value is -2.87. The molecule has 6 nitrogen and oxygen atoms in total. The number of para-hydroxylation sites is 1. The van der Waals surface area contributed by atoms with Crippen LogP contribution in [-0.4, -0.2) is 59.5 Å². The van der Waals surface area contributed by atoms with Crippen LogP contribution in [0.5, 0.6) is 11.5 Å². The summed E-state index contributed by atoms with van der Waals surface area (Å²) in [6.45, 7) is -2.14. The molecule has 0 atom stereocenters. The van der Waals surface area contributed by atoms with Gasteiger partial charge in [0.15, 0.2) is 0 Å². The van der Waals surface area contributed by atoms with E-state index in [1.165, 1.54) is 46.2 Å². The van der Waals surface area contributed by atoms with E-state index in [0.717, 1.165) is 0 Å². The minimum absolute atomic E-state index is 0.0371. The van der Waals surface area contributed by atoms with E-state index >= 15 is 0 Å². The lowest BCUT2D eigenvalue weighted by Gasteiger charge is -2.35. The van der Waals surface area contributed by atoms with Gasteiger partial charge in [0.2, 0.25) is 0 Å². The van der Waals surface area contributed by atoms with Crippen molar-refractivity contribution in [2.45, 2.75) is 6.61 Å². The van der Waals surface area contributed by atoms with Crippen molar-refractivity contribution < 1.29 is 28.2 Å². The average Bonchev–Trinajstić information content (AvgIpc) is 2.69. The van der Waals surface area contributed by atoms with E-state index in [0.29, 0.717) is 5.02 Å². The van der Waals surface area contributed by atoms with Gasteiger partial charge in [-0.3, -0.25) is 9.59 Å². The minimum Gasteiger partial charge on any atom is -0.507 e. The van der Waals surface area contributed by atoms with E-state index in [9.17, 15) is 23.5 Å². The van der Waals surface area contributed by atoms with E-state index in [1.54, 1.807) is 6.07 Å². The normalized spacial score (nSPS) is 14.3. The molecule has 1 aliphatic rings. The van der Waals surface area contributed by atoms with Crippen LogP contribution in [-0.2, 0) is 0 Å². The van der Waals surface area contributed by atoms with Gasteiger partial charge in [0.1, 0.15) is 11.5 Å². The van der Waals surface area contributed by atoms with Crippen molar-refractivity contribution in [1.29, 1.82) is 0 Å². The molecule has 148 valence electrons. The summed E-state index contributed by atoms with van der Waals surface area (Å²) >= 11 is 5.88. The fraction of sp³-hybridized carbons (Fsp3) is 0.263. The van der Waals surface area contributed by atoms with Gasteiger partial charge in [0.05, 0.1) is 11.1 Å². The maximum absolute atomic E-state index is 12.7. The number of alkyl halides is 2. The Balaban J connectivity index is 1.68. The first kappa shape index (κ1) is 19.9. The number of amides is 2. The van der Waals surface area contributed by atoms with Crippen LogP contribution < -0.4 is 4.74 Å². The highest BCUT2D eigenvalue weighted by Crippen LogP contribution is 2.25.